The number of carboxylic acids is 1. The number of carboxylic acid groups (broad SMARTS) is 1. The van der Waals surface area contributed by atoms with Crippen LogP contribution in [0.5, 0.6) is 0 Å². The number of aromatic carboxylic acids is 1. The molecule has 0 aliphatic carbocycles. The summed E-state index contributed by atoms with van der Waals surface area (Å²) in [6.07, 6.45) is 3.02. The quantitative estimate of drug-likeness (QED) is 0.642. The molecule has 21 heavy (non-hydrogen) atoms. The number of carbonyl (C=O) groups is 3. The average molecular weight is 285 g/mol. The molecule has 1 aromatic carbocycles. The zero-order chi connectivity index (χ0) is 14.7. The Morgan fingerprint density at radius 3 is 2.00 bits per heavy atom. The summed E-state index contributed by atoms with van der Waals surface area (Å²) in [5.74, 6) is -2.50. The Labute approximate surface area is 119 Å². The largest absolute Gasteiger partial charge is 0.478 e. The number of amides is 2. The molecule has 106 valence electrons. The molecule has 2 amide bonds. The third-order valence-electron chi connectivity index (χ3n) is 4.28. The van der Waals surface area contributed by atoms with Crippen molar-refractivity contribution in [3.05, 3.63) is 42.0 Å². The molecule has 0 aromatic heterocycles. The molecular formula is C15H11NO5. The van der Waals surface area contributed by atoms with Crippen LogP contribution in [0.3, 0.4) is 0 Å². The van der Waals surface area contributed by atoms with E-state index < -0.39 is 17.8 Å². The summed E-state index contributed by atoms with van der Waals surface area (Å²) in [5, 5.41) is 8.88. The van der Waals surface area contributed by atoms with Gasteiger partial charge in [-0.2, -0.15) is 0 Å². The fourth-order valence-corrected chi connectivity index (χ4v) is 3.31. The highest BCUT2D eigenvalue weighted by Crippen LogP contribution is 2.46. The number of hydrogen-bond acceptors (Lipinski definition) is 4. The molecule has 2 bridgehead atoms. The Morgan fingerprint density at radius 2 is 1.52 bits per heavy atom. The van der Waals surface area contributed by atoms with Crippen molar-refractivity contribution < 1.29 is 24.2 Å². The number of hydrogen-bond donors (Lipinski definition) is 1. The van der Waals surface area contributed by atoms with Crippen molar-refractivity contribution in [2.45, 2.75) is 12.2 Å². The molecule has 0 spiro atoms. The summed E-state index contributed by atoms with van der Waals surface area (Å²) < 4.78 is 5.56. The molecule has 2 saturated heterocycles. The monoisotopic (exact) mass is 285 g/mol. The van der Waals surface area contributed by atoms with Crippen molar-refractivity contribution in [1.82, 2.24) is 0 Å². The maximum Gasteiger partial charge on any atom is 0.335 e. The molecule has 6 nitrogen and oxygen atoms in total. The predicted molar refractivity (Wildman–Crippen MR) is 70.7 cm³/mol. The van der Waals surface area contributed by atoms with E-state index in [4.69, 9.17) is 9.84 Å². The smallest absolute Gasteiger partial charge is 0.335 e. The second kappa shape index (κ2) is 4.02. The van der Waals surface area contributed by atoms with Gasteiger partial charge in [-0.1, -0.05) is 12.2 Å². The molecule has 2 fully saturated rings. The molecule has 1 N–H and O–H groups in total. The van der Waals surface area contributed by atoms with E-state index in [-0.39, 0.29) is 29.6 Å². The van der Waals surface area contributed by atoms with E-state index in [0.29, 0.717) is 5.69 Å². The lowest BCUT2D eigenvalue weighted by Gasteiger charge is -2.17. The van der Waals surface area contributed by atoms with E-state index >= 15 is 0 Å². The van der Waals surface area contributed by atoms with E-state index in [0.717, 1.165) is 4.90 Å². The number of benzene rings is 1. The van der Waals surface area contributed by atoms with Crippen LogP contribution in [0.25, 0.3) is 0 Å². The van der Waals surface area contributed by atoms with Crippen molar-refractivity contribution in [2.75, 3.05) is 4.90 Å². The highest BCUT2D eigenvalue weighted by Gasteiger charge is 2.60. The van der Waals surface area contributed by atoms with Crippen molar-refractivity contribution in [3.8, 4) is 0 Å². The van der Waals surface area contributed by atoms with E-state index in [1.54, 1.807) is 0 Å². The number of carbonyl (C=O) groups excluding carboxylic acids is 2. The van der Waals surface area contributed by atoms with Gasteiger partial charge in [-0.05, 0) is 24.3 Å². The maximum atomic E-state index is 12.5. The lowest BCUT2D eigenvalue weighted by molar-refractivity contribution is -0.124. The first-order chi connectivity index (χ1) is 10.1. The van der Waals surface area contributed by atoms with Crippen LogP contribution in [0.2, 0.25) is 0 Å². The number of rotatable bonds is 2. The molecule has 3 heterocycles. The van der Waals surface area contributed by atoms with Gasteiger partial charge in [0.1, 0.15) is 0 Å². The zero-order valence-corrected chi connectivity index (χ0v) is 10.8. The third-order valence-corrected chi connectivity index (χ3v) is 4.28. The zero-order valence-electron chi connectivity index (χ0n) is 10.8. The SMILES string of the molecule is O=C(O)c1ccc(N2C(=O)[C@@H]3[C@H](C2=O)[C@H]2C=C[C@@H]3O2)cc1. The molecule has 1 aromatic rings. The van der Waals surface area contributed by atoms with E-state index in [1.807, 2.05) is 12.2 Å². The maximum absolute atomic E-state index is 12.5. The standard InChI is InChI=1S/C15H11NO5/c17-13-11-9-5-6-10(21-9)12(11)14(18)16(13)8-3-1-7(2-4-8)15(19)20/h1-6,9-12H,(H,19,20)/t9-,10+,11-,12+. The second-order valence-electron chi connectivity index (χ2n) is 5.37. The van der Waals surface area contributed by atoms with Crippen molar-refractivity contribution in [1.29, 1.82) is 0 Å². The molecule has 6 heteroatoms. The predicted octanol–water partition coefficient (Wildman–Crippen LogP) is 0.828. The summed E-state index contributed by atoms with van der Waals surface area (Å²) >= 11 is 0. The lowest BCUT2D eigenvalue weighted by Crippen LogP contribution is -2.34. The number of imide groups is 1. The summed E-state index contributed by atoms with van der Waals surface area (Å²) in [6.45, 7) is 0. The van der Waals surface area contributed by atoms with Crippen LogP contribution in [0.15, 0.2) is 36.4 Å². The molecule has 4 rings (SSSR count). The summed E-state index contributed by atoms with van der Waals surface area (Å²) in [5.41, 5.74) is 0.520. The number of nitrogens with zero attached hydrogens (tertiary/aromatic N) is 1. The van der Waals surface area contributed by atoms with Crippen molar-refractivity contribution in [2.24, 2.45) is 11.8 Å². The Bertz CT molecular complexity index is 663. The van der Waals surface area contributed by atoms with Gasteiger partial charge in [0.2, 0.25) is 11.8 Å². The summed E-state index contributed by atoms with van der Waals surface area (Å²) in [4.78, 5) is 37.0. The number of anilines is 1. The molecular weight excluding hydrogens is 274 g/mol. The lowest BCUT2D eigenvalue weighted by atomic mass is 9.85. The second-order valence-corrected chi connectivity index (χ2v) is 5.37. The van der Waals surface area contributed by atoms with Crippen LogP contribution in [0.4, 0.5) is 5.69 Å². The number of ether oxygens (including phenoxy) is 1. The van der Waals surface area contributed by atoms with Gasteiger partial charge in [0, 0.05) is 0 Å². The van der Waals surface area contributed by atoms with Gasteiger partial charge in [-0.25, -0.2) is 9.69 Å². The molecule has 4 atom stereocenters. The van der Waals surface area contributed by atoms with Crippen LogP contribution in [-0.2, 0) is 14.3 Å². The molecule has 0 radical (unpaired) electrons. The Kier molecular flexibility index (Phi) is 2.35. The normalized spacial score (nSPS) is 32.9. The molecule has 3 aliphatic rings. The Balaban J connectivity index is 1.69. The van der Waals surface area contributed by atoms with E-state index in [1.165, 1.54) is 24.3 Å². The minimum Gasteiger partial charge on any atom is -0.478 e. The topological polar surface area (TPSA) is 83.9 Å². The fourth-order valence-electron chi connectivity index (χ4n) is 3.31. The van der Waals surface area contributed by atoms with Gasteiger partial charge in [0.05, 0.1) is 35.3 Å². The number of fused-ring (bicyclic) bond motifs is 5. The van der Waals surface area contributed by atoms with E-state index in [9.17, 15) is 14.4 Å². The highest BCUT2D eigenvalue weighted by atomic mass is 16.5. The molecule has 0 unspecified atom stereocenters. The summed E-state index contributed by atoms with van der Waals surface area (Å²) in [6, 6.07) is 5.73. The van der Waals surface area contributed by atoms with Gasteiger partial charge in [0.15, 0.2) is 0 Å². The first kappa shape index (κ1) is 12.3. The average Bonchev–Trinajstić information content (AvgIpc) is 3.13. The molecule has 0 saturated carbocycles. The Morgan fingerprint density at radius 1 is 1.00 bits per heavy atom. The van der Waals surface area contributed by atoms with Crippen molar-refractivity contribution in [3.63, 3.8) is 0 Å². The third kappa shape index (κ3) is 1.53. The minimum atomic E-state index is -1.05. The van der Waals surface area contributed by atoms with Gasteiger partial charge in [-0.15, -0.1) is 0 Å². The van der Waals surface area contributed by atoms with Gasteiger partial charge in [0.25, 0.3) is 0 Å². The van der Waals surface area contributed by atoms with Gasteiger partial charge < -0.3 is 9.84 Å². The molecule has 3 aliphatic heterocycles. The van der Waals surface area contributed by atoms with Gasteiger partial charge >= 0.3 is 5.97 Å². The summed E-state index contributed by atoms with van der Waals surface area (Å²) in [7, 11) is 0. The highest BCUT2D eigenvalue weighted by molar-refractivity contribution is 6.23. The van der Waals surface area contributed by atoms with Crippen LogP contribution in [0.1, 0.15) is 10.4 Å². The van der Waals surface area contributed by atoms with Crippen LogP contribution in [0, 0.1) is 11.8 Å². The Hall–Kier alpha value is -2.47. The van der Waals surface area contributed by atoms with Crippen LogP contribution >= 0.6 is 0 Å². The van der Waals surface area contributed by atoms with Crippen LogP contribution < -0.4 is 4.90 Å². The van der Waals surface area contributed by atoms with Gasteiger partial charge in [-0.3, -0.25) is 9.59 Å². The van der Waals surface area contributed by atoms with Crippen molar-refractivity contribution >= 4 is 23.5 Å². The van der Waals surface area contributed by atoms with Crippen LogP contribution in [-0.4, -0.2) is 35.1 Å². The minimum absolute atomic E-state index is 0.114. The van der Waals surface area contributed by atoms with E-state index in [2.05, 4.69) is 0 Å². The first-order valence-corrected chi connectivity index (χ1v) is 6.63. The first-order valence-electron chi connectivity index (χ1n) is 6.63. The fraction of sp³-hybridized carbons (Fsp3) is 0.267.